The second-order valence-electron chi connectivity index (χ2n) is 5.61. The molecule has 0 aromatic rings. The molecule has 0 rings (SSSR count). The molecule has 1 atom stereocenters. The van der Waals surface area contributed by atoms with Gasteiger partial charge in [0.25, 0.3) is 0 Å². The van der Waals surface area contributed by atoms with Crippen molar-refractivity contribution in [2.75, 3.05) is 34.2 Å². The Balaban J connectivity index is 4.39. The summed E-state index contributed by atoms with van der Waals surface area (Å²) in [6, 6.07) is 0.246. The van der Waals surface area contributed by atoms with Crippen molar-refractivity contribution in [3.8, 4) is 0 Å². The summed E-state index contributed by atoms with van der Waals surface area (Å²) in [5.41, 5.74) is 0. The van der Waals surface area contributed by atoms with Crippen LogP contribution in [-0.4, -0.2) is 62.0 Å². The SMILES string of the molecule is CC(C)NC(C(=O)N(C)CCN(C)C)C(C)C. The van der Waals surface area contributed by atoms with E-state index in [1.165, 1.54) is 0 Å². The highest BCUT2D eigenvalue weighted by Crippen LogP contribution is 2.06. The summed E-state index contributed by atoms with van der Waals surface area (Å²) in [6.07, 6.45) is 0. The summed E-state index contributed by atoms with van der Waals surface area (Å²) in [7, 11) is 5.92. The number of carbonyl (C=O) groups is 1. The molecule has 0 spiro atoms. The van der Waals surface area contributed by atoms with Crippen molar-refractivity contribution in [1.82, 2.24) is 15.1 Å². The van der Waals surface area contributed by atoms with Gasteiger partial charge in [0, 0.05) is 26.2 Å². The van der Waals surface area contributed by atoms with Crippen LogP contribution in [0, 0.1) is 5.92 Å². The van der Waals surface area contributed by atoms with Crippen LogP contribution >= 0.6 is 0 Å². The second kappa shape index (κ2) is 7.67. The molecule has 102 valence electrons. The zero-order valence-electron chi connectivity index (χ0n) is 12.4. The lowest BCUT2D eigenvalue weighted by Crippen LogP contribution is -2.51. The Morgan fingerprint density at radius 2 is 1.59 bits per heavy atom. The lowest BCUT2D eigenvalue weighted by atomic mass is 10.0. The van der Waals surface area contributed by atoms with E-state index in [2.05, 4.69) is 37.9 Å². The Hall–Kier alpha value is -0.610. The zero-order valence-corrected chi connectivity index (χ0v) is 12.4. The molecule has 0 aromatic heterocycles. The van der Waals surface area contributed by atoms with Gasteiger partial charge in [-0.15, -0.1) is 0 Å². The minimum absolute atomic E-state index is 0.0813. The number of likely N-dealkylation sites (N-methyl/N-ethyl adjacent to an activating group) is 2. The average molecular weight is 243 g/mol. The second-order valence-corrected chi connectivity index (χ2v) is 5.61. The van der Waals surface area contributed by atoms with Crippen LogP contribution in [0.15, 0.2) is 0 Å². The molecule has 0 radical (unpaired) electrons. The van der Waals surface area contributed by atoms with E-state index in [4.69, 9.17) is 0 Å². The lowest BCUT2D eigenvalue weighted by Gasteiger charge is -2.29. The van der Waals surface area contributed by atoms with Crippen molar-refractivity contribution in [2.45, 2.75) is 39.8 Å². The van der Waals surface area contributed by atoms with E-state index in [9.17, 15) is 4.79 Å². The minimum Gasteiger partial charge on any atom is -0.343 e. The molecule has 0 aromatic carbocycles. The smallest absolute Gasteiger partial charge is 0.239 e. The standard InChI is InChI=1S/C13H29N3O/c1-10(2)12(14-11(3)4)13(17)16(7)9-8-15(5)6/h10-12,14H,8-9H2,1-7H3. The Morgan fingerprint density at radius 1 is 1.06 bits per heavy atom. The summed E-state index contributed by atoms with van der Waals surface area (Å²) in [5.74, 6) is 0.502. The van der Waals surface area contributed by atoms with Gasteiger partial charge in [-0.1, -0.05) is 27.7 Å². The third kappa shape index (κ3) is 6.64. The molecule has 0 aliphatic carbocycles. The van der Waals surface area contributed by atoms with E-state index < -0.39 is 0 Å². The van der Waals surface area contributed by atoms with Gasteiger partial charge in [0.2, 0.25) is 5.91 Å². The molecule has 0 bridgehead atoms. The van der Waals surface area contributed by atoms with E-state index in [1.807, 2.05) is 26.0 Å². The number of rotatable bonds is 7. The fourth-order valence-corrected chi connectivity index (χ4v) is 1.61. The average Bonchev–Trinajstić information content (AvgIpc) is 2.20. The van der Waals surface area contributed by atoms with Gasteiger partial charge in [0.15, 0.2) is 0 Å². The molecule has 0 heterocycles. The van der Waals surface area contributed by atoms with Gasteiger partial charge in [-0.25, -0.2) is 0 Å². The lowest BCUT2D eigenvalue weighted by molar-refractivity contribution is -0.133. The maximum atomic E-state index is 12.3. The van der Waals surface area contributed by atoms with Crippen LogP contribution in [0.5, 0.6) is 0 Å². The topological polar surface area (TPSA) is 35.6 Å². The number of nitrogens with one attached hydrogen (secondary N) is 1. The summed E-state index contributed by atoms with van der Waals surface area (Å²) < 4.78 is 0. The van der Waals surface area contributed by atoms with Gasteiger partial charge in [0.1, 0.15) is 0 Å². The van der Waals surface area contributed by atoms with Gasteiger partial charge in [0.05, 0.1) is 6.04 Å². The first-order chi connectivity index (χ1) is 7.75. The largest absolute Gasteiger partial charge is 0.343 e. The van der Waals surface area contributed by atoms with E-state index in [0.717, 1.165) is 13.1 Å². The zero-order chi connectivity index (χ0) is 13.6. The Kier molecular flexibility index (Phi) is 7.39. The predicted molar refractivity (Wildman–Crippen MR) is 73.1 cm³/mol. The van der Waals surface area contributed by atoms with Crippen LogP contribution < -0.4 is 5.32 Å². The van der Waals surface area contributed by atoms with Crippen molar-refractivity contribution in [2.24, 2.45) is 5.92 Å². The van der Waals surface area contributed by atoms with Gasteiger partial charge in [-0.3, -0.25) is 4.79 Å². The van der Waals surface area contributed by atoms with Crippen LogP contribution in [0.4, 0.5) is 0 Å². The summed E-state index contributed by atoms with van der Waals surface area (Å²) in [6.45, 7) is 9.98. The molecular weight excluding hydrogens is 214 g/mol. The number of nitrogens with zero attached hydrogens (tertiary/aromatic N) is 2. The molecule has 0 aliphatic heterocycles. The first-order valence-electron chi connectivity index (χ1n) is 6.41. The molecule has 0 saturated heterocycles. The van der Waals surface area contributed by atoms with E-state index in [0.29, 0.717) is 12.0 Å². The molecule has 1 unspecified atom stereocenters. The molecule has 17 heavy (non-hydrogen) atoms. The molecule has 1 N–H and O–H groups in total. The van der Waals surface area contributed by atoms with Crippen LogP contribution in [0.1, 0.15) is 27.7 Å². The molecule has 0 fully saturated rings. The maximum Gasteiger partial charge on any atom is 0.239 e. The van der Waals surface area contributed by atoms with Crippen LogP contribution in [0.2, 0.25) is 0 Å². The molecule has 0 aliphatic rings. The Bertz CT molecular complexity index is 227. The third-order valence-electron chi connectivity index (χ3n) is 2.70. The first-order valence-corrected chi connectivity index (χ1v) is 6.41. The van der Waals surface area contributed by atoms with E-state index in [1.54, 1.807) is 0 Å². The highest BCUT2D eigenvalue weighted by atomic mass is 16.2. The normalized spacial score (nSPS) is 13.5. The van der Waals surface area contributed by atoms with Gasteiger partial charge >= 0.3 is 0 Å². The molecule has 1 amide bonds. The van der Waals surface area contributed by atoms with Crippen molar-refractivity contribution in [3.63, 3.8) is 0 Å². The Morgan fingerprint density at radius 3 is 1.94 bits per heavy atom. The fraction of sp³-hybridized carbons (Fsp3) is 0.923. The monoisotopic (exact) mass is 243 g/mol. The van der Waals surface area contributed by atoms with Crippen molar-refractivity contribution < 1.29 is 4.79 Å². The Labute approximate surface area is 106 Å². The molecule has 4 nitrogen and oxygen atoms in total. The first kappa shape index (κ1) is 16.4. The summed E-state index contributed by atoms with van der Waals surface area (Å²) >= 11 is 0. The quantitative estimate of drug-likeness (QED) is 0.725. The molecule has 4 heteroatoms. The van der Waals surface area contributed by atoms with Crippen LogP contribution in [-0.2, 0) is 4.79 Å². The van der Waals surface area contributed by atoms with Gasteiger partial charge in [-0.05, 0) is 20.0 Å². The van der Waals surface area contributed by atoms with Gasteiger partial charge < -0.3 is 15.1 Å². The maximum absolute atomic E-state index is 12.3. The van der Waals surface area contributed by atoms with Crippen molar-refractivity contribution in [3.05, 3.63) is 0 Å². The van der Waals surface area contributed by atoms with Gasteiger partial charge in [-0.2, -0.15) is 0 Å². The van der Waals surface area contributed by atoms with Crippen molar-refractivity contribution >= 4 is 5.91 Å². The number of hydrogen-bond donors (Lipinski definition) is 1. The highest BCUT2D eigenvalue weighted by molar-refractivity contribution is 5.82. The van der Waals surface area contributed by atoms with Crippen molar-refractivity contribution in [1.29, 1.82) is 0 Å². The number of carbonyl (C=O) groups excluding carboxylic acids is 1. The minimum atomic E-state index is -0.0813. The summed E-state index contributed by atoms with van der Waals surface area (Å²) in [5, 5.41) is 3.34. The van der Waals surface area contributed by atoms with E-state index >= 15 is 0 Å². The van der Waals surface area contributed by atoms with Crippen LogP contribution in [0.3, 0.4) is 0 Å². The number of amides is 1. The predicted octanol–water partition coefficient (Wildman–Crippen LogP) is 1.03. The third-order valence-corrected chi connectivity index (χ3v) is 2.70. The fourth-order valence-electron chi connectivity index (χ4n) is 1.61. The summed E-state index contributed by atoms with van der Waals surface area (Å²) in [4.78, 5) is 16.2. The van der Waals surface area contributed by atoms with E-state index in [-0.39, 0.29) is 11.9 Å². The number of hydrogen-bond acceptors (Lipinski definition) is 3. The molecule has 0 saturated carbocycles. The highest BCUT2D eigenvalue weighted by Gasteiger charge is 2.25. The van der Waals surface area contributed by atoms with Crippen LogP contribution in [0.25, 0.3) is 0 Å². The molecular formula is C13H29N3O.